The zero-order valence-electron chi connectivity index (χ0n) is 11.4. The Labute approximate surface area is 106 Å². The molecule has 0 aliphatic carbocycles. The normalized spacial score (nSPS) is 24.9. The van der Waals surface area contributed by atoms with Crippen molar-refractivity contribution < 1.29 is 0 Å². The van der Waals surface area contributed by atoms with Crippen LogP contribution in [0.5, 0.6) is 0 Å². The van der Waals surface area contributed by atoms with Crippen molar-refractivity contribution >= 4 is 0 Å². The molecule has 0 amide bonds. The SMILES string of the molecule is Cc1cc(C)cc(CCC2CC(C)CCN2)c1. The van der Waals surface area contributed by atoms with E-state index in [4.69, 9.17) is 0 Å². The summed E-state index contributed by atoms with van der Waals surface area (Å²) in [5.74, 6) is 0.903. The Morgan fingerprint density at radius 1 is 1.18 bits per heavy atom. The van der Waals surface area contributed by atoms with Gasteiger partial charge in [0.25, 0.3) is 0 Å². The van der Waals surface area contributed by atoms with Gasteiger partial charge in [0.1, 0.15) is 0 Å². The summed E-state index contributed by atoms with van der Waals surface area (Å²) >= 11 is 0. The second-order valence-corrected chi connectivity index (χ2v) is 5.82. The van der Waals surface area contributed by atoms with Gasteiger partial charge in [-0.05, 0) is 57.6 Å². The second kappa shape index (κ2) is 5.68. The summed E-state index contributed by atoms with van der Waals surface area (Å²) in [5, 5.41) is 3.65. The first-order chi connectivity index (χ1) is 8.13. The Hall–Kier alpha value is -0.820. The molecule has 1 heteroatoms. The molecular weight excluding hydrogens is 206 g/mol. The summed E-state index contributed by atoms with van der Waals surface area (Å²) in [7, 11) is 0. The van der Waals surface area contributed by atoms with E-state index < -0.39 is 0 Å². The Morgan fingerprint density at radius 3 is 2.53 bits per heavy atom. The van der Waals surface area contributed by atoms with Crippen LogP contribution >= 0.6 is 0 Å². The van der Waals surface area contributed by atoms with Crippen molar-refractivity contribution in [2.24, 2.45) is 5.92 Å². The minimum atomic E-state index is 0.736. The van der Waals surface area contributed by atoms with Crippen LogP contribution in [0.3, 0.4) is 0 Å². The molecule has 0 bridgehead atoms. The molecule has 0 radical (unpaired) electrons. The Morgan fingerprint density at radius 2 is 1.88 bits per heavy atom. The van der Waals surface area contributed by atoms with Crippen molar-refractivity contribution in [2.45, 2.75) is 52.5 Å². The molecule has 1 fully saturated rings. The van der Waals surface area contributed by atoms with Crippen LogP contribution in [0.4, 0.5) is 0 Å². The molecule has 1 saturated heterocycles. The van der Waals surface area contributed by atoms with E-state index in [2.05, 4.69) is 44.3 Å². The zero-order valence-corrected chi connectivity index (χ0v) is 11.4. The van der Waals surface area contributed by atoms with Crippen LogP contribution in [0, 0.1) is 19.8 Å². The Balaban J connectivity index is 1.88. The van der Waals surface area contributed by atoms with Crippen molar-refractivity contribution in [1.82, 2.24) is 5.32 Å². The highest BCUT2D eigenvalue weighted by molar-refractivity contribution is 5.28. The second-order valence-electron chi connectivity index (χ2n) is 5.82. The summed E-state index contributed by atoms with van der Waals surface area (Å²) in [6.07, 6.45) is 5.20. The fraction of sp³-hybridized carbons (Fsp3) is 0.625. The molecule has 2 unspecified atom stereocenters. The van der Waals surface area contributed by atoms with Crippen molar-refractivity contribution in [3.63, 3.8) is 0 Å². The van der Waals surface area contributed by atoms with E-state index in [1.54, 1.807) is 0 Å². The molecule has 1 aromatic rings. The van der Waals surface area contributed by atoms with Crippen LogP contribution < -0.4 is 5.32 Å². The highest BCUT2D eigenvalue weighted by atomic mass is 14.9. The predicted octanol–water partition coefficient (Wildman–Crippen LogP) is 3.62. The smallest absolute Gasteiger partial charge is 0.00727 e. The highest BCUT2D eigenvalue weighted by Crippen LogP contribution is 2.19. The van der Waals surface area contributed by atoms with Gasteiger partial charge in [0.2, 0.25) is 0 Å². The van der Waals surface area contributed by atoms with E-state index in [0.29, 0.717) is 0 Å². The van der Waals surface area contributed by atoms with Crippen LogP contribution in [0.25, 0.3) is 0 Å². The standard InChI is InChI=1S/C16H25N/c1-12-6-7-17-16(11-12)5-4-15-9-13(2)8-14(3)10-15/h8-10,12,16-17H,4-7,11H2,1-3H3. The molecule has 94 valence electrons. The quantitative estimate of drug-likeness (QED) is 0.837. The minimum Gasteiger partial charge on any atom is -0.314 e. The molecule has 1 nitrogen and oxygen atoms in total. The third-order valence-electron chi connectivity index (χ3n) is 3.82. The van der Waals surface area contributed by atoms with Gasteiger partial charge >= 0.3 is 0 Å². The van der Waals surface area contributed by atoms with Gasteiger partial charge in [0.15, 0.2) is 0 Å². The van der Waals surface area contributed by atoms with Crippen LogP contribution in [0.15, 0.2) is 18.2 Å². The van der Waals surface area contributed by atoms with Gasteiger partial charge in [-0.15, -0.1) is 0 Å². The van der Waals surface area contributed by atoms with Gasteiger partial charge in [-0.3, -0.25) is 0 Å². The largest absolute Gasteiger partial charge is 0.314 e. The number of hydrogen-bond acceptors (Lipinski definition) is 1. The van der Waals surface area contributed by atoms with Crippen molar-refractivity contribution in [1.29, 1.82) is 0 Å². The van der Waals surface area contributed by atoms with Crippen molar-refractivity contribution in [3.05, 3.63) is 34.9 Å². The van der Waals surface area contributed by atoms with Gasteiger partial charge in [0.05, 0.1) is 0 Å². The molecule has 17 heavy (non-hydrogen) atoms. The first-order valence-corrected chi connectivity index (χ1v) is 6.94. The lowest BCUT2D eigenvalue weighted by molar-refractivity contribution is 0.308. The number of hydrogen-bond donors (Lipinski definition) is 1. The predicted molar refractivity (Wildman–Crippen MR) is 74.4 cm³/mol. The van der Waals surface area contributed by atoms with Crippen LogP contribution in [-0.2, 0) is 6.42 Å². The number of piperidine rings is 1. The molecule has 2 atom stereocenters. The number of rotatable bonds is 3. The molecule has 0 saturated carbocycles. The third kappa shape index (κ3) is 3.85. The molecule has 1 aliphatic heterocycles. The summed E-state index contributed by atoms with van der Waals surface area (Å²) in [5.41, 5.74) is 4.29. The van der Waals surface area contributed by atoms with E-state index in [9.17, 15) is 0 Å². The highest BCUT2D eigenvalue weighted by Gasteiger charge is 2.17. The summed E-state index contributed by atoms with van der Waals surface area (Å²) in [6, 6.07) is 7.66. The van der Waals surface area contributed by atoms with Gasteiger partial charge in [-0.1, -0.05) is 36.2 Å². The van der Waals surface area contributed by atoms with Crippen molar-refractivity contribution in [3.8, 4) is 0 Å². The average Bonchev–Trinajstić information content (AvgIpc) is 2.25. The van der Waals surface area contributed by atoms with Crippen molar-refractivity contribution in [2.75, 3.05) is 6.54 Å². The number of aryl methyl sites for hydroxylation is 3. The monoisotopic (exact) mass is 231 g/mol. The molecule has 0 aromatic heterocycles. The minimum absolute atomic E-state index is 0.736. The first-order valence-electron chi connectivity index (χ1n) is 6.94. The van der Waals surface area contributed by atoms with E-state index in [1.807, 2.05) is 0 Å². The fourth-order valence-corrected chi connectivity index (χ4v) is 2.99. The Kier molecular flexibility index (Phi) is 4.22. The first kappa shape index (κ1) is 12.6. The zero-order chi connectivity index (χ0) is 12.3. The van der Waals surface area contributed by atoms with Gasteiger partial charge < -0.3 is 5.32 Å². The van der Waals surface area contributed by atoms with Crippen LogP contribution in [-0.4, -0.2) is 12.6 Å². The topological polar surface area (TPSA) is 12.0 Å². The summed E-state index contributed by atoms with van der Waals surface area (Å²) in [4.78, 5) is 0. The third-order valence-corrected chi connectivity index (χ3v) is 3.82. The van der Waals surface area contributed by atoms with Gasteiger partial charge in [-0.2, -0.15) is 0 Å². The molecule has 1 N–H and O–H groups in total. The molecule has 1 heterocycles. The number of nitrogens with one attached hydrogen (secondary N) is 1. The summed E-state index contributed by atoms with van der Waals surface area (Å²) < 4.78 is 0. The lowest BCUT2D eigenvalue weighted by atomic mass is 9.90. The van der Waals surface area contributed by atoms with Gasteiger partial charge in [-0.25, -0.2) is 0 Å². The lowest BCUT2D eigenvalue weighted by Gasteiger charge is -2.28. The fourth-order valence-electron chi connectivity index (χ4n) is 2.99. The average molecular weight is 231 g/mol. The summed E-state index contributed by atoms with van der Waals surface area (Å²) in [6.45, 7) is 7.97. The van der Waals surface area contributed by atoms with Gasteiger partial charge in [0, 0.05) is 6.04 Å². The Bertz CT molecular complexity index is 350. The van der Waals surface area contributed by atoms with Crippen LogP contribution in [0.2, 0.25) is 0 Å². The molecule has 2 rings (SSSR count). The maximum absolute atomic E-state index is 3.65. The molecule has 1 aromatic carbocycles. The maximum Gasteiger partial charge on any atom is 0.00727 e. The number of benzene rings is 1. The molecular formula is C16H25N. The van der Waals surface area contributed by atoms with Crippen LogP contribution in [0.1, 0.15) is 42.9 Å². The van der Waals surface area contributed by atoms with E-state index in [1.165, 1.54) is 48.9 Å². The lowest BCUT2D eigenvalue weighted by Crippen LogP contribution is -2.37. The maximum atomic E-state index is 3.65. The van der Waals surface area contributed by atoms with E-state index >= 15 is 0 Å². The molecule has 0 spiro atoms. The molecule has 1 aliphatic rings. The van der Waals surface area contributed by atoms with E-state index in [-0.39, 0.29) is 0 Å². The van der Waals surface area contributed by atoms with E-state index in [0.717, 1.165) is 12.0 Å².